The van der Waals surface area contributed by atoms with Crippen molar-refractivity contribution in [3.63, 3.8) is 0 Å². The van der Waals surface area contributed by atoms with Gasteiger partial charge >= 0.3 is 5.97 Å². The van der Waals surface area contributed by atoms with Crippen molar-refractivity contribution in [3.8, 4) is 39.4 Å². The number of likely N-dealkylation sites (tertiary alicyclic amines) is 1. The fourth-order valence-corrected chi connectivity index (χ4v) is 7.54. The number of carbonyl (C=O) groups is 2. The van der Waals surface area contributed by atoms with E-state index in [9.17, 15) is 19.5 Å². The van der Waals surface area contributed by atoms with E-state index in [1.54, 1.807) is 30.9 Å². The highest BCUT2D eigenvalue weighted by molar-refractivity contribution is 6.39. The van der Waals surface area contributed by atoms with Gasteiger partial charge in [-0.1, -0.05) is 65.7 Å². The van der Waals surface area contributed by atoms with Crippen molar-refractivity contribution in [3.05, 3.63) is 92.6 Å². The molecule has 0 unspecified atom stereocenters. The highest BCUT2D eigenvalue weighted by Gasteiger charge is 2.29. The van der Waals surface area contributed by atoms with Crippen LogP contribution in [0.2, 0.25) is 10.0 Å². The number of ether oxygens (including phenoxy) is 1. The first-order chi connectivity index (χ1) is 24.6. The number of aromatic nitrogens is 4. The summed E-state index contributed by atoms with van der Waals surface area (Å²) in [7, 11) is 3.26. The lowest BCUT2D eigenvalue weighted by Gasteiger charge is -2.16. The first kappa shape index (κ1) is 34.7. The van der Waals surface area contributed by atoms with Gasteiger partial charge in [0, 0.05) is 78.7 Å². The van der Waals surface area contributed by atoms with Gasteiger partial charge in [0.05, 0.1) is 35.3 Å². The van der Waals surface area contributed by atoms with Crippen molar-refractivity contribution < 1.29 is 19.4 Å². The summed E-state index contributed by atoms with van der Waals surface area (Å²) in [6.07, 6.45) is 3.73. The predicted molar refractivity (Wildman–Crippen MR) is 195 cm³/mol. The molecule has 264 valence electrons. The van der Waals surface area contributed by atoms with Crippen LogP contribution in [0.4, 0.5) is 0 Å². The Bertz CT molecular complexity index is 2220. The van der Waals surface area contributed by atoms with Crippen molar-refractivity contribution >= 4 is 40.6 Å². The molecule has 2 saturated heterocycles. The van der Waals surface area contributed by atoms with Crippen LogP contribution in [0.5, 0.6) is 5.88 Å². The Morgan fingerprint density at radius 1 is 1.04 bits per heavy atom. The van der Waals surface area contributed by atoms with Crippen molar-refractivity contribution in [1.82, 2.24) is 34.7 Å². The maximum Gasteiger partial charge on any atom is 0.307 e. The third-order valence-corrected chi connectivity index (χ3v) is 10.5. The summed E-state index contributed by atoms with van der Waals surface area (Å²) in [5, 5.41) is 21.4. The van der Waals surface area contributed by atoms with Gasteiger partial charge in [0.2, 0.25) is 11.8 Å². The summed E-state index contributed by atoms with van der Waals surface area (Å²) in [4.78, 5) is 43.2. The van der Waals surface area contributed by atoms with E-state index in [0.29, 0.717) is 101 Å². The number of methoxy groups -OCH3 is 1. The van der Waals surface area contributed by atoms with E-state index >= 15 is 0 Å². The number of hydrogen-bond donors (Lipinski definition) is 3. The molecule has 51 heavy (non-hydrogen) atoms. The molecule has 1 amide bonds. The van der Waals surface area contributed by atoms with E-state index in [1.165, 1.54) is 4.57 Å². The molecule has 0 radical (unpaired) electrons. The molecule has 3 N–H and O–H groups in total. The molecule has 0 spiro atoms. The Labute approximate surface area is 304 Å². The number of nitrogens with zero attached hydrogens (tertiary/aromatic N) is 5. The lowest BCUT2D eigenvalue weighted by atomic mass is 9.97. The Hall–Kier alpha value is -4.75. The third-order valence-electron chi connectivity index (χ3n) is 9.72. The van der Waals surface area contributed by atoms with Gasteiger partial charge in [-0.05, 0) is 31.5 Å². The number of carboxylic acids is 1. The lowest BCUT2D eigenvalue weighted by molar-refractivity contribution is -0.141. The van der Waals surface area contributed by atoms with Crippen molar-refractivity contribution in [1.29, 1.82) is 0 Å². The number of aliphatic carboxylic acids is 1. The van der Waals surface area contributed by atoms with Crippen LogP contribution in [0.3, 0.4) is 0 Å². The van der Waals surface area contributed by atoms with Gasteiger partial charge in [0.1, 0.15) is 11.3 Å². The summed E-state index contributed by atoms with van der Waals surface area (Å²) in [5.41, 5.74) is 5.28. The van der Waals surface area contributed by atoms with E-state index in [0.717, 1.165) is 17.5 Å². The van der Waals surface area contributed by atoms with Gasteiger partial charge in [-0.3, -0.25) is 23.9 Å². The molecular weight excluding hydrogens is 693 g/mol. The molecule has 14 heteroatoms. The van der Waals surface area contributed by atoms with Crippen molar-refractivity contribution in [2.45, 2.75) is 38.4 Å². The summed E-state index contributed by atoms with van der Waals surface area (Å²) < 4.78 is 8.72. The second kappa shape index (κ2) is 14.5. The van der Waals surface area contributed by atoms with Crippen LogP contribution in [-0.4, -0.2) is 73.8 Å². The SMILES string of the molecule is COc1nc(-c2cccc(-c3cccc(-c4cc5c(=O)n(C)c(CN6CC[C@@H](C(=O)O)C6)nn5c4)c3Cl)c2Cl)ccc1CNC[C@@H]1CCC(=O)N1. The van der Waals surface area contributed by atoms with E-state index in [2.05, 4.69) is 10.6 Å². The van der Waals surface area contributed by atoms with Crippen LogP contribution in [0, 0.1) is 5.92 Å². The molecule has 2 aliphatic heterocycles. The molecule has 5 aromatic rings. The normalized spacial score (nSPS) is 17.7. The van der Waals surface area contributed by atoms with Crippen LogP contribution < -0.4 is 20.9 Å². The number of nitrogens with one attached hydrogen (secondary N) is 2. The van der Waals surface area contributed by atoms with Gasteiger partial charge in [-0.2, -0.15) is 5.10 Å². The number of rotatable bonds is 11. The summed E-state index contributed by atoms with van der Waals surface area (Å²) in [6, 6.07) is 17.1. The average molecular weight is 731 g/mol. The molecule has 5 heterocycles. The summed E-state index contributed by atoms with van der Waals surface area (Å²) in [6.45, 7) is 2.60. The van der Waals surface area contributed by atoms with Crippen LogP contribution in [0.15, 0.2) is 65.6 Å². The van der Waals surface area contributed by atoms with Crippen LogP contribution in [0.1, 0.15) is 30.7 Å². The Kier molecular flexibility index (Phi) is 9.84. The van der Waals surface area contributed by atoms with Gasteiger partial charge in [-0.25, -0.2) is 9.50 Å². The van der Waals surface area contributed by atoms with Gasteiger partial charge in [-0.15, -0.1) is 0 Å². The number of hydrogen-bond acceptors (Lipinski definition) is 8. The third kappa shape index (κ3) is 6.96. The quantitative estimate of drug-likeness (QED) is 0.171. The predicted octanol–water partition coefficient (Wildman–Crippen LogP) is 5.02. The number of benzene rings is 2. The Balaban J connectivity index is 1.15. The number of amides is 1. The highest BCUT2D eigenvalue weighted by Crippen LogP contribution is 2.42. The minimum atomic E-state index is -0.805. The number of halogens is 2. The topological polar surface area (TPSA) is 143 Å². The maximum absolute atomic E-state index is 13.4. The monoisotopic (exact) mass is 729 g/mol. The number of fused-ring (bicyclic) bond motifs is 1. The smallest absolute Gasteiger partial charge is 0.307 e. The average Bonchev–Trinajstić information content (AvgIpc) is 3.88. The fraction of sp³-hybridized carbons (Fsp3) is 0.324. The molecule has 0 aliphatic carbocycles. The van der Waals surface area contributed by atoms with Gasteiger partial charge < -0.3 is 20.5 Å². The minimum absolute atomic E-state index is 0.0862. The number of pyridine rings is 1. The largest absolute Gasteiger partial charge is 0.481 e. The first-order valence-corrected chi connectivity index (χ1v) is 17.5. The van der Waals surface area contributed by atoms with Crippen molar-refractivity contribution in [2.75, 3.05) is 26.7 Å². The van der Waals surface area contributed by atoms with Crippen LogP contribution in [-0.2, 0) is 29.7 Å². The molecule has 2 aromatic carbocycles. The molecular formula is C37H37Cl2N7O5. The molecule has 7 rings (SSSR count). The maximum atomic E-state index is 13.4. The molecule has 0 bridgehead atoms. The molecule has 2 aliphatic rings. The number of carboxylic acid groups (broad SMARTS) is 1. The molecule has 12 nitrogen and oxygen atoms in total. The zero-order valence-corrected chi connectivity index (χ0v) is 29.7. The molecule has 2 atom stereocenters. The first-order valence-electron chi connectivity index (χ1n) is 16.8. The van der Waals surface area contributed by atoms with E-state index in [1.807, 2.05) is 53.4 Å². The lowest BCUT2D eigenvalue weighted by Crippen LogP contribution is -2.35. The second-order valence-corrected chi connectivity index (χ2v) is 13.8. The zero-order chi connectivity index (χ0) is 35.8. The zero-order valence-electron chi connectivity index (χ0n) is 28.2. The van der Waals surface area contributed by atoms with Gasteiger partial charge in [0.25, 0.3) is 5.56 Å². The van der Waals surface area contributed by atoms with E-state index in [-0.39, 0.29) is 17.5 Å². The summed E-state index contributed by atoms with van der Waals surface area (Å²) in [5.74, 6) is -0.119. The van der Waals surface area contributed by atoms with Crippen LogP contribution >= 0.6 is 23.2 Å². The highest BCUT2D eigenvalue weighted by atomic mass is 35.5. The minimum Gasteiger partial charge on any atom is -0.481 e. The van der Waals surface area contributed by atoms with Crippen LogP contribution in [0.25, 0.3) is 39.0 Å². The standard InChI is InChI=1S/C37H37Cl2N7O5/c1-44-31(20-45-14-13-22(18-45)37(49)50)43-46-19-23(15-30(46)36(44)48)25-5-3-6-26(33(25)38)27-7-4-8-28(34(27)39)29-11-9-21(35(42-29)51-2)16-40-17-24-10-12-32(47)41-24/h3-9,11,15,19,22,24,40H,10,12-14,16-18,20H2,1-2H3,(H,41,47)(H,49,50)/t22-,24+/m1/s1. The summed E-state index contributed by atoms with van der Waals surface area (Å²) >= 11 is 14.2. The van der Waals surface area contributed by atoms with E-state index < -0.39 is 11.9 Å². The van der Waals surface area contributed by atoms with E-state index in [4.69, 9.17) is 38.0 Å². The molecule has 0 saturated carbocycles. The van der Waals surface area contributed by atoms with Crippen molar-refractivity contribution in [2.24, 2.45) is 13.0 Å². The number of carbonyl (C=O) groups excluding carboxylic acids is 1. The Morgan fingerprint density at radius 2 is 1.76 bits per heavy atom. The second-order valence-electron chi connectivity index (χ2n) is 13.0. The fourth-order valence-electron chi connectivity index (χ4n) is 6.88. The molecule has 3 aromatic heterocycles. The molecule has 2 fully saturated rings. The Morgan fingerprint density at radius 3 is 2.45 bits per heavy atom. The van der Waals surface area contributed by atoms with Gasteiger partial charge in [0.15, 0.2) is 0 Å².